The summed E-state index contributed by atoms with van der Waals surface area (Å²) in [5.41, 5.74) is 0.960. The minimum absolute atomic E-state index is 0.269. The molecule has 0 unspecified atom stereocenters. The van der Waals surface area contributed by atoms with Crippen molar-refractivity contribution < 1.29 is 10.2 Å². The topological polar surface area (TPSA) is 40.5 Å². The SMILES string of the molecule is Oc1ccc(O)c([C@@H]2C[C@H]3CC[C@@H]2C3)c1. The first-order chi connectivity index (χ1) is 7.24. The van der Waals surface area contributed by atoms with Gasteiger partial charge in [-0.3, -0.25) is 0 Å². The van der Waals surface area contributed by atoms with E-state index in [1.54, 1.807) is 18.2 Å². The molecule has 3 rings (SSSR count). The van der Waals surface area contributed by atoms with E-state index in [9.17, 15) is 10.2 Å². The third kappa shape index (κ3) is 1.39. The molecule has 2 fully saturated rings. The number of hydrogen-bond acceptors (Lipinski definition) is 2. The fraction of sp³-hybridized carbons (Fsp3) is 0.538. The summed E-state index contributed by atoms with van der Waals surface area (Å²) in [5, 5.41) is 19.3. The van der Waals surface area contributed by atoms with E-state index < -0.39 is 0 Å². The molecule has 2 N–H and O–H groups in total. The van der Waals surface area contributed by atoms with Crippen molar-refractivity contribution in [2.45, 2.75) is 31.6 Å². The normalized spacial score (nSPS) is 33.5. The summed E-state index contributed by atoms with van der Waals surface area (Å²) in [6.45, 7) is 0. The third-order valence-corrected chi connectivity index (χ3v) is 4.15. The minimum atomic E-state index is 0.269. The summed E-state index contributed by atoms with van der Waals surface area (Å²) in [6, 6.07) is 4.89. The molecule has 2 heteroatoms. The number of phenolic OH excluding ortho intramolecular Hbond substituents is 2. The Morgan fingerprint density at radius 3 is 2.60 bits per heavy atom. The van der Waals surface area contributed by atoms with E-state index in [0.29, 0.717) is 11.7 Å². The molecule has 1 aromatic carbocycles. The Balaban J connectivity index is 1.96. The van der Waals surface area contributed by atoms with Crippen LogP contribution in [0.25, 0.3) is 0 Å². The van der Waals surface area contributed by atoms with Gasteiger partial charge in [0.05, 0.1) is 0 Å². The number of fused-ring (bicyclic) bond motifs is 2. The summed E-state index contributed by atoms with van der Waals surface area (Å²) >= 11 is 0. The Kier molecular flexibility index (Phi) is 1.91. The Morgan fingerprint density at radius 2 is 1.93 bits per heavy atom. The lowest BCUT2D eigenvalue weighted by atomic mass is 9.83. The smallest absolute Gasteiger partial charge is 0.119 e. The number of aromatic hydroxyl groups is 2. The van der Waals surface area contributed by atoms with Crippen LogP contribution in [-0.4, -0.2) is 10.2 Å². The highest BCUT2D eigenvalue weighted by atomic mass is 16.3. The molecule has 2 nitrogen and oxygen atoms in total. The van der Waals surface area contributed by atoms with Crippen molar-refractivity contribution in [1.29, 1.82) is 0 Å². The Labute approximate surface area is 89.6 Å². The van der Waals surface area contributed by atoms with Gasteiger partial charge in [-0.05, 0) is 55.2 Å². The highest BCUT2D eigenvalue weighted by Gasteiger charge is 2.41. The van der Waals surface area contributed by atoms with Crippen molar-refractivity contribution in [3.05, 3.63) is 23.8 Å². The molecule has 0 aliphatic heterocycles. The predicted octanol–water partition coefficient (Wildman–Crippen LogP) is 3.00. The van der Waals surface area contributed by atoms with Crippen LogP contribution in [0.1, 0.15) is 37.2 Å². The standard InChI is InChI=1S/C13H16O2/c14-10-3-4-13(15)12(7-10)11-6-8-1-2-9(11)5-8/h3-4,7-9,11,14-15H,1-2,5-6H2/t8-,9+,11+/m0/s1. The summed E-state index contributed by atoms with van der Waals surface area (Å²) in [4.78, 5) is 0. The van der Waals surface area contributed by atoms with E-state index in [2.05, 4.69) is 0 Å². The zero-order chi connectivity index (χ0) is 10.4. The fourth-order valence-corrected chi connectivity index (χ4v) is 3.46. The minimum Gasteiger partial charge on any atom is -0.508 e. The van der Waals surface area contributed by atoms with Crippen LogP contribution in [0.4, 0.5) is 0 Å². The molecule has 0 heterocycles. The second-order valence-corrected chi connectivity index (χ2v) is 5.02. The second kappa shape index (κ2) is 3.16. The monoisotopic (exact) mass is 204 g/mol. The Hall–Kier alpha value is -1.18. The van der Waals surface area contributed by atoms with Gasteiger partial charge >= 0.3 is 0 Å². The first-order valence-corrected chi connectivity index (χ1v) is 5.76. The first-order valence-electron chi connectivity index (χ1n) is 5.76. The maximum absolute atomic E-state index is 9.81. The first kappa shape index (κ1) is 9.08. The molecule has 2 aliphatic carbocycles. The zero-order valence-corrected chi connectivity index (χ0v) is 8.69. The number of phenols is 2. The number of rotatable bonds is 1. The molecule has 2 aliphatic rings. The molecule has 2 bridgehead atoms. The Morgan fingerprint density at radius 1 is 1.07 bits per heavy atom. The largest absolute Gasteiger partial charge is 0.508 e. The van der Waals surface area contributed by atoms with Crippen LogP contribution in [-0.2, 0) is 0 Å². The van der Waals surface area contributed by atoms with Gasteiger partial charge in [0.15, 0.2) is 0 Å². The van der Waals surface area contributed by atoms with Crippen LogP contribution in [0, 0.1) is 11.8 Å². The summed E-state index contributed by atoms with van der Waals surface area (Å²) < 4.78 is 0. The average molecular weight is 204 g/mol. The molecule has 0 radical (unpaired) electrons. The molecule has 3 atom stereocenters. The van der Waals surface area contributed by atoms with Crippen molar-refractivity contribution in [3.63, 3.8) is 0 Å². The lowest BCUT2D eigenvalue weighted by Crippen LogP contribution is -2.08. The quantitative estimate of drug-likeness (QED) is 0.690. The van der Waals surface area contributed by atoms with E-state index in [0.717, 1.165) is 17.4 Å². The maximum atomic E-state index is 9.81. The van der Waals surface area contributed by atoms with Gasteiger partial charge in [0, 0.05) is 5.56 Å². The molecule has 15 heavy (non-hydrogen) atoms. The van der Waals surface area contributed by atoms with Crippen LogP contribution in [0.15, 0.2) is 18.2 Å². The molecule has 0 spiro atoms. The molecule has 0 saturated heterocycles. The van der Waals surface area contributed by atoms with E-state index in [4.69, 9.17) is 0 Å². The van der Waals surface area contributed by atoms with Crippen LogP contribution in [0.5, 0.6) is 11.5 Å². The summed E-state index contributed by atoms with van der Waals surface area (Å²) in [7, 11) is 0. The Bertz CT molecular complexity index is 386. The van der Waals surface area contributed by atoms with Gasteiger partial charge in [-0.2, -0.15) is 0 Å². The molecule has 80 valence electrons. The van der Waals surface area contributed by atoms with Gasteiger partial charge in [0.1, 0.15) is 11.5 Å². The van der Waals surface area contributed by atoms with Crippen molar-refractivity contribution in [2.24, 2.45) is 11.8 Å². The van der Waals surface area contributed by atoms with Crippen molar-refractivity contribution in [1.82, 2.24) is 0 Å². The molecule has 1 aromatic rings. The van der Waals surface area contributed by atoms with Crippen LogP contribution in [0.2, 0.25) is 0 Å². The third-order valence-electron chi connectivity index (χ3n) is 4.15. The lowest BCUT2D eigenvalue weighted by molar-refractivity contribution is 0.393. The molecular formula is C13H16O2. The van der Waals surface area contributed by atoms with Crippen LogP contribution >= 0.6 is 0 Å². The molecule has 0 amide bonds. The van der Waals surface area contributed by atoms with Gasteiger partial charge in [-0.25, -0.2) is 0 Å². The van der Waals surface area contributed by atoms with E-state index in [1.807, 2.05) is 0 Å². The van der Waals surface area contributed by atoms with Crippen molar-refractivity contribution >= 4 is 0 Å². The zero-order valence-electron chi connectivity index (χ0n) is 8.69. The van der Waals surface area contributed by atoms with Gasteiger partial charge in [0.25, 0.3) is 0 Å². The molecule has 0 aromatic heterocycles. The lowest BCUT2D eigenvalue weighted by Gasteiger charge is -2.22. The average Bonchev–Trinajstić information content (AvgIpc) is 2.83. The number of benzene rings is 1. The highest BCUT2D eigenvalue weighted by Crippen LogP contribution is 2.54. The van der Waals surface area contributed by atoms with E-state index in [1.165, 1.54) is 25.7 Å². The second-order valence-electron chi connectivity index (χ2n) is 5.02. The van der Waals surface area contributed by atoms with E-state index in [-0.39, 0.29) is 5.75 Å². The van der Waals surface area contributed by atoms with E-state index >= 15 is 0 Å². The van der Waals surface area contributed by atoms with Crippen molar-refractivity contribution in [2.75, 3.05) is 0 Å². The summed E-state index contributed by atoms with van der Waals surface area (Å²) in [5.74, 6) is 2.70. The van der Waals surface area contributed by atoms with Gasteiger partial charge < -0.3 is 10.2 Å². The van der Waals surface area contributed by atoms with Crippen LogP contribution in [0.3, 0.4) is 0 Å². The fourth-order valence-electron chi connectivity index (χ4n) is 3.46. The molecule has 2 saturated carbocycles. The molecular weight excluding hydrogens is 188 g/mol. The maximum Gasteiger partial charge on any atom is 0.119 e. The number of hydrogen-bond donors (Lipinski definition) is 2. The van der Waals surface area contributed by atoms with Crippen molar-refractivity contribution in [3.8, 4) is 11.5 Å². The summed E-state index contributed by atoms with van der Waals surface area (Å²) in [6.07, 6.45) is 5.17. The van der Waals surface area contributed by atoms with Crippen LogP contribution < -0.4 is 0 Å². The van der Waals surface area contributed by atoms with Gasteiger partial charge in [-0.15, -0.1) is 0 Å². The predicted molar refractivity (Wildman–Crippen MR) is 58.0 cm³/mol. The van der Waals surface area contributed by atoms with Gasteiger partial charge in [-0.1, -0.05) is 6.42 Å². The van der Waals surface area contributed by atoms with Gasteiger partial charge in [0.2, 0.25) is 0 Å². The highest BCUT2D eigenvalue weighted by molar-refractivity contribution is 5.42.